The summed E-state index contributed by atoms with van der Waals surface area (Å²) in [5.41, 5.74) is 6.33. The van der Waals surface area contributed by atoms with Crippen molar-refractivity contribution in [1.29, 1.82) is 0 Å². The number of hydrogen-bond acceptors (Lipinski definition) is 17. The van der Waals surface area contributed by atoms with Crippen LogP contribution >= 0.6 is 0 Å². The predicted molar refractivity (Wildman–Crippen MR) is 395 cm³/mol. The smallest absolute Gasteiger partial charge is 0.274 e. The number of pyridine rings is 4. The zero-order valence-electron chi connectivity index (χ0n) is 58.7. The third-order valence-electron chi connectivity index (χ3n) is 19.9. The van der Waals surface area contributed by atoms with Gasteiger partial charge in [0.25, 0.3) is 23.6 Å². The van der Waals surface area contributed by atoms with E-state index in [2.05, 4.69) is 71.8 Å². The number of fused-ring (bicyclic) bond motifs is 4. The van der Waals surface area contributed by atoms with Crippen molar-refractivity contribution in [2.45, 2.75) is 95.6 Å². The fraction of sp³-hybridized carbons (Fsp3) is 0.329. The lowest BCUT2D eigenvalue weighted by Crippen LogP contribution is -2.64. The molecule has 12 aromatic rings. The van der Waals surface area contributed by atoms with Gasteiger partial charge in [-0.1, -0.05) is 43.9 Å². The molecule has 9 heterocycles. The van der Waals surface area contributed by atoms with Gasteiger partial charge < -0.3 is 40.2 Å². The highest BCUT2D eigenvalue weighted by atomic mass is 19.1. The maximum Gasteiger partial charge on any atom is 0.274 e. The van der Waals surface area contributed by atoms with Crippen molar-refractivity contribution in [3.8, 4) is 17.6 Å². The Bertz CT molecular complexity index is 4950. The lowest BCUT2D eigenvalue weighted by atomic mass is 9.41. The number of aromatic nitrogens is 12. The molecule has 1 saturated heterocycles. The molecule has 0 unspecified atom stereocenters. The second-order valence-corrected chi connectivity index (χ2v) is 27.8. The summed E-state index contributed by atoms with van der Waals surface area (Å²) in [7, 11) is 3.60. The minimum absolute atomic E-state index is 0.0439. The quantitative estimate of drug-likeness (QED) is 0.0386. The van der Waals surface area contributed by atoms with Crippen LogP contribution in [0.1, 0.15) is 142 Å². The molecule has 6 fully saturated rings. The maximum absolute atomic E-state index is 13.7. The highest BCUT2D eigenvalue weighted by Crippen LogP contribution is 2.71. The Balaban J connectivity index is 0.000000119. The summed E-state index contributed by atoms with van der Waals surface area (Å²) >= 11 is 0. The Hall–Kier alpha value is -11.9. The first kappa shape index (κ1) is 71.1. The number of carbonyl (C=O) groups excluding carboxylic acids is 5. The molecule has 5 aliphatic carbocycles. The number of ketones is 1. The highest BCUT2D eigenvalue weighted by Gasteiger charge is 2.69. The van der Waals surface area contributed by atoms with Gasteiger partial charge in [-0.3, -0.25) is 58.5 Å². The molecule has 544 valence electrons. The monoisotopic (exact) mass is 1430 g/mol. The van der Waals surface area contributed by atoms with Gasteiger partial charge in [0.15, 0.2) is 5.78 Å². The van der Waals surface area contributed by atoms with Crippen molar-refractivity contribution >= 4 is 95.8 Å². The number of nitrogens with one attached hydrogen (secondary N) is 6. The normalized spacial score (nSPS) is 17.5. The summed E-state index contributed by atoms with van der Waals surface area (Å²) in [4.78, 5) is 77.6. The Morgan fingerprint density at radius 1 is 0.491 bits per heavy atom. The minimum Gasteiger partial charge on any atom is -0.476 e. The number of H-pyrrole nitrogens is 2. The van der Waals surface area contributed by atoms with E-state index in [0.717, 1.165) is 89.1 Å². The van der Waals surface area contributed by atoms with Crippen molar-refractivity contribution in [2.24, 2.45) is 37.3 Å². The number of halogens is 2. The van der Waals surface area contributed by atoms with Crippen LogP contribution in [0.25, 0.3) is 43.6 Å². The van der Waals surface area contributed by atoms with Crippen molar-refractivity contribution in [3.63, 3.8) is 0 Å². The van der Waals surface area contributed by atoms with Gasteiger partial charge in [0.2, 0.25) is 17.6 Å². The molecule has 4 amide bonds. The number of aromatic amines is 2. The molecular weight excluding hydrogens is 1350 g/mol. The molecule has 0 radical (unpaired) electrons. The van der Waals surface area contributed by atoms with Gasteiger partial charge in [0.05, 0.1) is 64.2 Å². The van der Waals surface area contributed by atoms with Crippen molar-refractivity contribution in [1.82, 2.24) is 59.9 Å². The molecule has 5 saturated carbocycles. The fourth-order valence-corrected chi connectivity index (χ4v) is 14.4. The largest absolute Gasteiger partial charge is 0.476 e. The number of amides is 4. The standard InChI is InChI=1S/C21H19FN4O2.C20H21FN4O3.2C19H20N4O2/c1-26-16-8-13(24-19(28)15-4-2-3-7-23-15)5-6-14(16)18(25-26)17(27)9-20-10-21(22,11-20)12-20;1-25-18-10-15(23-19(26)17-5-2-14(21)11-22-17)3-4-16(18)20(24-25)28-12-13-6-8-27-9-7-13;2*24-18(16-7-3-4-10-20-16)21-14-8-9-15-17(11-14)22-23-19(15)25-12-13-5-1-2-6-13/h2-8H,9-12H2,1H3,(H,24,28);2-5,10-11,13H,6-9,12H2,1H3,(H,23,26);2*3-4,7-11,13H,1-2,5-6,12H2,(H,21,24)(H,22,23). The molecule has 0 atom stereocenters. The molecule has 25 nitrogen and oxygen atoms in total. The number of Topliss-reactive ketones (excluding diaryl/α,β-unsaturated/α-hetero) is 1. The Labute approximate surface area is 608 Å². The maximum atomic E-state index is 13.7. The van der Waals surface area contributed by atoms with Gasteiger partial charge in [0, 0.05) is 80.5 Å². The second-order valence-electron chi connectivity index (χ2n) is 27.8. The molecule has 27 heteroatoms. The molecule has 8 aromatic heterocycles. The van der Waals surface area contributed by atoms with Crippen LogP contribution < -0.4 is 35.5 Å². The Kier molecular flexibility index (Phi) is 21.5. The number of alkyl halides is 1. The van der Waals surface area contributed by atoms with E-state index in [1.54, 1.807) is 114 Å². The van der Waals surface area contributed by atoms with E-state index in [9.17, 15) is 32.8 Å². The molecule has 0 spiro atoms. The molecule has 2 bridgehead atoms. The predicted octanol–water partition coefficient (Wildman–Crippen LogP) is 14.4. The average molecular weight is 1440 g/mol. The Morgan fingerprint density at radius 3 is 1.35 bits per heavy atom. The molecule has 4 aromatic carbocycles. The molecule has 6 aliphatic rings. The third-order valence-corrected chi connectivity index (χ3v) is 19.9. The van der Waals surface area contributed by atoms with E-state index in [-0.39, 0.29) is 34.6 Å². The van der Waals surface area contributed by atoms with Crippen LogP contribution in [-0.2, 0) is 18.8 Å². The first-order valence-electron chi connectivity index (χ1n) is 35.7. The number of aryl methyl sites for hydroxylation is 2. The summed E-state index contributed by atoms with van der Waals surface area (Å²) in [6.45, 7) is 3.62. The van der Waals surface area contributed by atoms with E-state index in [0.29, 0.717) is 113 Å². The van der Waals surface area contributed by atoms with Gasteiger partial charge in [-0.05, 0) is 202 Å². The first-order valence-corrected chi connectivity index (χ1v) is 35.7. The van der Waals surface area contributed by atoms with Crippen LogP contribution in [0.4, 0.5) is 31.5 Å². The van der Waals surface area contributed by atoms with E-state index in [1.807, 2.05) is 55.6 Å². The number of benzene rings is 4. The van der Waals surface area contributed by atoms with Gasteiger partial charge >= 0.3 is 0 Å². The van der Waals surface area contributed by atoms with E-state index in [1.165, 1.54) is 63.5 Å². The SMILES string of the molecule is Cn1nc(C(=O)CC23CC(F)(C2)C3)c2ccc(NC(=O)c3ccccn3)cc21.Cn1nc(OCC2CCOCC2)c2ccc(NC(=O)c3ccc(F)cn3)cc21.O=C(Nc1ccc2c(OCC3CCCC3)n[nH]c2c1)c1ccccn1.O=C(Nc1ccc2c(OCC3CCCC3)n[nH]c2c1)c1ccccn1. The molecule has 18 rings (SSSR count). The van der Waals surface area contributed by atoms with E-state index >= 15 is 0 Å². The van der Waals surface area contributed by atoms with Crippen LogP contribution in [0.3, 0.4) is 0 Å². The molecule has 1 aliphatic heterocycles. The summed E-state index contributed by atoms with van der Waals surface area (Å²) in [6.07, 6.45) is 19.8. The third kappa shape index (κ3) is 17.0. The molecule has 106 heavy (non-hydrogen) atoms. The van der Waals surface area contributed by atoms with Crippen LogP contribution in [0.5, 0.6) is 17.6 Å². The van der Waals surface area contributed by atoms with Crippen molar-refractivity contribution in [3.05, 3.63) is 199 Å². The number of rotatable bonds is 20. The van der Waals surface area contributed by atoms with Crippen LogP contribution in [0.2, 0.25) is 0 Å². The Morgan fingerprint density at radius 2 is 0.906 bits per heavy atom. The summed E-state index contributed by atoms with van der Waals surface area (Å²) in [5.74, 6) is 1.89. The zero-order chi connectivity index (χ0) is 73.2. The molecular formula is C79H80F2N16O9. The second kappa shape index (κ2) is 32.0. The number of nitrogens with zero attached hydrogens (tertiary/aromatic N) is 10. The van der Waals surface area contributed by atoms with Crippen molar-refractivity contribution < 1.29 is 51.7 Å². The minimum atomic E-state index is -1.01. The van der Waals surface area contributed by atoms with Crippen LogP contribution in [0.15, 0.2) is 164 Å². The number of ether oxygens (including phenoxy) is 4. The van der Waals surface area contributed by atoms with E-state index < -0.39 is 17.4 Å². The first-order chi connectivity index (χ1) is 51.5. The van der Waals surface area contributed by atoms with Gasteiger partial charge in [-0.25, -0.2) is 13.8 Å². The van der Waals surface area contributed by atoms with Crippen LogP contribution in [-0.4, -0.2) is 128 Å². The van der Waals surface area contributed by atoms with E-state index in [4.69, 9.17) is 18.9 Å². The van der Waals surface area contributed by atoms with Gasteiger partial charge in [-0.2, -0.15) is 5.10 Å². The average Bonchev–Trinajstić information content (AvgIpc) is 0.954. The van der Waals surface area contributed by atoms with Gasteiger partial charge in [-0.15, -0.1) is 15.3 Å². The lowest BCUT2D eigenvalue weighted by Gasteiger charge is -2.65. The van der Waals surface area contributed by atoms with Crippen molar-refractivity contribution in [2.75, 3.05) is 54.3 Å². The summed E-state index contributed by atoms with van der Waals surface area (Å²) in [6, 6.07) is 40.2. The number of carbonyl (C=O) groups is 5. The molecule has 6 N–H and O–H groups in total. The fourth-order valence-electron chi connectivity index (χ4n) is 14.4. The highest BCUT2D eigenvalue weighted by molar-refractivity contribution is 6.09. The lowest BCUT2D eigenvalue weighted by molar-refractivity contribution is -0.210. The zero-order valence-corrected chi connectivity index (χ0v) is 58.7. The topological polar surface area (TPSA) is 315 Å². The summed E-state index contributed by atoms with van der Waals surface area (Å²) in [5, 5.41) is 38.1. The van der Waals surface area contributed by atoms with Gasteiger partial charge in [0.1, 0.15) is 40.0 Å². The van der Waals surface area contributed by atoms with Crippen LogP contribution in [0, 0.1) is 29.0 Å². The summed E-state index contributed by atoms with van der Waals surface area (Å²) < 4.78 is 53.2. The number of hydrogen-bond donors (Lipinski definition) is 6. The number of anilines is 4.